The Morgan fingerprint density at radius 1 is 1.26 bits per heavy atom. The zero-order valence-electron chi connectivity index (χ0n) is 15.1. The average molecular weight is 363 g/mol. The number of carbonyl (C=O) groups is 2. The molecule has 0 saturated carbocycles. The Labute approximate surface area is 156 Å². The van der Waals surface area contributed by atoms with Crippen LogP contribution < -0.4 is 10.6 Å². The fourth-order valence-electron chi connectivity index (χ4n) is 3.25. The quantitative estimate of drug-likeness (QED) is 0.728. The van der Waals surface area contributed by atoms with Gasteiger partial charge in [0.05, 0.1) is 6.42 Å². The number of rotatable bonds is 5. The molecule has 27 heavy (non-hydrogen) atoms. The molecule has 0 spiro atoms. The molecule has 2 heterocycles. The van der Waals surface area contributed by atoms with Gasteiger partial charge in [0, 0.05) is 12.1 Å². The van der Waals surface area contributed by atoms with Gasteiger partial charge in [-0.05, 0) is 29.3 Å². The van der Waals surface area contributed by atoms with Crippen LogP contribution in [0.5, 0.6) is 0 Å². The molecular formula is C20H21N5O2. The maximum Gasteiger partial charge on any atom is 0.249 e. The number of nitrogens with one attached hydrogen (secondary N) is 2. The smallest absolute Gasteiger partial charge is 0.249 e. The second-order valence-electron chi connectivity index (χ2n) is 6.72. The molecule has 2 N–H and O–H groups in total. The average Bonchev–Trinajstić information content (AvgIpc) is 3.08. The van der Waals surface area contributed by atoms with Crippen LogP contribution in [-0.2, 0) is 16.0 Å². The highest BCUT2D eigenvalue weighted by Crippen LogP contribution is 2.25. The molecule has 1 aliphatic heterocycles. The molecule has 3 aromatic rings. The number of nitrogens with zero attached hydrogens (tertiary/aromatic N) is 3. The van der Waals surface area contributed by atoms with Crippen LogP contribution in [0, 0.1) is 0 Å². The van der Waals surface area contributed by atoms with Gasteiger partial charge in [-0.2, -0.15) is 10.1 Å². The van der Waals surface area contributed by atoms with E-state index < -0.39 is 6.04 Å². The van der Waals surface area contributed by atoms with Crippen molar-refractivity contribution >= 4 is 34.2 Å². The van der Waals surface area contributed by atoms with Gasteiger partial charge in [0.25, 0.3) is 0 Å². The number of carbonyl (C=O) groups excluding carboxylic acids is 2. The SMILES string of the molecule is CCCCc1nc2n(n1)[C@H](C(=O)Nc1ccc3ccccc3c1)CC(=O)N2. The van der Waals surface area contributed by atoms with Crippen molar-refractivity contribution in [3.63, 3.8) is 0 Å². The summed E-state index contributed by atoms with van der Waals surface area (Å²) in [6, 6.07) is 13.0. The van der Waals surface area contributed by atoms with E-state index in [4.69, 9.17) is 0 Å². The minimum Gasteiger partial charge on any atom is -0.324 e. The molecule has 0 aliphatic carbocycles. The van der Waals surface area contributed by atoms with Gasteiger partial charge in [0.15, 0.2) is 5.82 Å². The molecule has 2 aromatic carbocycles. The summed E-state index contributed by atoms with van der Waals surface area (Å²) in [6.07, 6.45) is 2.77. The Morgan fingerprint density at radius 3 is 2.89 bits per heavy atom. The van der Waals surface area contributed by atoms with Crippen LogP contribution in [0.3, 0.4) is 0 Å². The molecule has 0 radical (unpaired) electrons. The summed E-state index contributed by atoms with van der Waals surface area (Å²) in [4.78, 5) is 29.2. The highest BCUT2D eigenvalue weighted by Gasteiger charge is 2.33. The molecule has 1 aliphatic rings. The van der Waals surface area contributed by atoms with Crippen molar-refractivity contribution in [1.82, 2.24) is 14.8 Å². The largest absolute Gasteiger partial charge is 0.324 e. The third-order valence-corrected chi connectivity index (χ3v) is 4.67. The van der Waals surface area contributed by atoms with E-state index in [9.17, 15) is 9.59 Å². The van der Waals surface area contributed by atoms with E-state index in [2.05, 4.69) is 27.6 Å². The first-order chi connectivity index (χ1) is 13.1. The maximum absolute atomic E-state index is 12.9. The molecule has 0 bridgehead atoms. The standard InChI is InChI=1S/C20H21N5O2/c1-2-3-8-17-22-20-23-18(26)12-16(25(20)24-17)19(27)21-15-10-9-13-6-4-5-7-14(13)11-15/h4-7,9-11,16H,2-3,8,12H2,1H3,(H,21,27)(H,22,23,24,26)/t16-/m0/s1. The number of benzene rings is 2. The molecule has 0 fully saturated rings. The zero-order chi connectivity index (χ0) is 18.8. The molecule has 4 rings (SSSR count). The van der Waals surface area contributed by atoms with Crippen LogP contribution in [0.15, 0.2) is 42.5 Å². The van der Waals surface area contributed by atoms with Crippen LogP contribution in [-0.4, -0.2) is 26.6 Å². The van der Waals surface area contributed by atoms with Crippen molar-refractivity contribution in [3.8, 4) is 0 Å². The van der Waals surface area contributed by atoms with Gasteiger partial charge in [-0.25, -0.2) is 4.68 Å². The van der Waals surface area contributed by atoms with Crippen molar-refractivity contribution in [1.29, 1.82) is 0 Å². The minimum absolute atomic E-state index is 0.0446. The summed E-state index contributed by atoms with van der Waals surface area (Å²) < 4.78 is 1.53. The molecular weight excluding hydrogens is 342 g/mol. The summed E-state index contributed by atoms with van der Waals surface area (Å²) in [5, 5.41) is 12.2. The highest BCUT2D eigenvalue weighted by molar-refractivity contribution is 6.01. The number of hydrogen-bond donors (Lipinski definition) is 2. The van der Waals surface area contributed by atoms with Gasteiger partial charge < -0.3 is 5.32 Å². The summed E-state index contributed by atoms with van der Waals surface area (Å²) in [7, 11) is 0. The van der Waals surface area contributed by atoms with Crippen LogP contribution in [0.4, 0.5) is 11.6 Å². The van der Waals surface area contributed by atoms with Crippen LogP contribution in [0.2, 0.25) is 0 Å². The molecule has 0 saturated heterocycles. The van der Waals surface area contributed by atoms with Crippen molar-refractivity contribution in [2.24, 2.45) is 0 Å². The fraction of sp³-hybridized carbons (Fsp3) is 0.300. The Kier molecular flexibility index (Phi) is 4.58. The van der Waals surface area contributed by atoms with Crippen molar-refractivity contribution in [3.05, 3.63) is 48.3 Å². The monoisotopic (exact) mass is 363 g/mol. The van der Waals surface area contributed by atoms with E-state index in [1.54, 1.807) is 0 Å². The fourth-order valence-corrected chi connectivity index (χ4v) is 3.25. The van der Waals surface area contributed by atoms with Gasteiger partial charge in [0.1, 0.15) is 6.04 Å². The number of amides is 2. The normalized spacial score (nSPS) is 16.0. The van der Waals surface area contributed by atoms with Crippen molar-refractivity contribution in [2.45, 2.75) is 38.6 Å². The van der Waals surface area contributed by atoms with Gasteiger partial charge in [-0.1, -0.05) is 43.7 Å². The third-order valence-electron chi connectivity index (χ3n) is 4.67. The summed E-state index contributed by atoms with van der Waals surface area (Å²) in [5.74, 6) is 0.498. The Morgan fingerprint density at radius 2 is 2.07 bits per heavy atom. The van der Waals surface area contributed by atoms with Gasteiger partial charge in [-0.3, -0.25) is 14.9 Å². The molecule has 1 aromatic heterocycles. The number of unbranched alkanes of at least 4 members (excludes halogenated alkanes) is 1. The molecule has 7 heteroatoms. The van der Waals surface area contributed by atoms with Crippen LogP contribution in [0.1, 0.15) is 38.1 Å². The Balaban J connectivity index is 1.57. The van der Waals surface area contributed by atoms with Gasteiger partial charge >= 0.3 is 0 Å². The molecule has 7 nitrogen and oxygen atoms in total. The summed E-state index contributed by atoms with van der Waals surface area (Å²) in [6.45, 7) is 2.09. The second-order valence-corrected chi connectivity index (χ2v) is 6.72. The number of fused-ring (bicyclic) bond motifs is 2. The van der Waals surface area contributed by atoms with E-state index in [-0.39, 0.29) is 18.2 Å². The maximum atomic E-state index is 12.9. The predicted octanol–water partition coefficient (Wildman–Crippen LogP) is 3.30. The Bertz CT molecular complexity index is 1010. The lowest BCUT2D eigenvalue weighted by Crippen LogP contribution is -2.36. The molecule has 0 unspecified atom stereocenters. The summed E-state index contributed by atoms with van der Waals surface area (Å²) in [5.41, 5.74) is 0.692. The number of aryl methyl sites for hydroxylation is 1. The predicted molar refractivity (Wildman–Crippen MR) is 103 cm³/mol. The van der Waals surface area contributed by atoms with Crippen LogP contribution in [0.25, 0.3) is 10.8 Å². The number of anilines is 2. The van der Waals surface area contributed by atoms with Gasteiger partial charge in [0.2, 0.25) is 17.8 Å². The lowest BCUT2D eigenvalue weighted by atomic mass is 10.1. The van der Waals surface area contributed by atoms with E-state index in [0.717, 1.165) is 30.0 Å². The second kappa shape index (κ2) is 7.19. The third kappa shape index (κ3) is 3.53. The van der Waals surface area contributed by atoms with E-state index >= 15 is 0 Å². The van der Waals surface area contributed by atoms with Crippen molar-refractivity contribution in [2.75, 3.05) is 10.6 Å². The first kappa shape index (κ1) is 17.2. The van der Waals surface area contributed by atoms with E-state index in [1.165, 1.54) is 4.68 Å². The first-order valence-corrected chi connectivity index (χ1v) is 9.19. The topological polar surface area (TPSA) is 88.9 Å². The highest BCUT2D eigenvalue weighted by atomic mass is 16.2. The minimum atomic E-state index is -0.705. The first-order valence-electron chi connectivity index (χ1n) is 9.19. The lowest BCUT2D eigenvalue weighted by molar-refractivity contribution is -0.125. The Hall–Kier alpha value is -3.22. The van der Waals surface area contributed by atoms with Crippen LogP contribution >= 0.6 is 0 Å². The van der Waals surface area contributed by atoms with Crippen molar-refractivity contribution < 1.29 is 9.59 Å². The number of hydrogen-bond acceptors (Lipinski definition) is 4. The molecule has 2 amide bonds. The van der Waals surface area contributed by atoms with Gasteiger partial charge in [-0.15, -0.1) is 0 Å². The molecule has 138 valence electrons. The van der Waals surface area contributed by atoms with E-state index in [1.807, 2.05) is 42.5 Å². The summed E-state index contributed by atoms with van der Waals surface area (Å²) >= 11 is 0. The zero-order valence-corrected chi connectivity index (χ0v) is 15.1. The van der Waals surface area contributed by atoms with E-state index in [0.29, 0.717) is 17.5 Å². The number of aromatic nitrogens is 3. The molecule has 1 atom stereocenters. The lowest BCUT2D eigenvalue weighted by Gasteiger charge is -2.22.